The van der Waals surface area contributed by atoms with Gasteiger partial charge in [0, 0.05) is 17.8 Å². The molecule has 0 saturated carbocycles. The maximum absolute atomic E-state index is 12.4. The van der Waals surface area contributed by atoms with Crippen LogP contribution in [0.5, 0.6) is 5.75 Å². The second kappa shape index (κ2) is 7.91. The highest BCUT2D eigenvalue weighted by Gasteiger charge is 2.13. The van der Waals surface area contributed by atoms with Gasteiger partial charge in [0.15, 0.2) is 5.76 Å². The monoisotopic (exact) mass is 353 g/mol. The van der Waals surface area contributed by atoms with Crippen LogP contribution in [0.1, 0.15) is 40.2 Å². The molecular formula is C20H23N3O3. The molecule has 0 radical (unpaired) electrons. The molecule has 1 amide bonds. The summed E-state index contributed by atoms with van der Waals surface area (Å²) in [5.74, 6) is 1.50. The van der Waals surface area contributed by atoms with Crippen molar-refractivity contribution in [1.29, 1.82) is 0 Å². The second-order valence-electron chi connectivity index (χ2n) is 6.07. The van der Waals surface area contributed by atoms with Crippen LogP contribution in [0.3, 0.4) is 0 Å². The number of hydrogen-bond donors (Lipinski definition) is 1. The number of nitrogens with one attached hydrogen (secondary N) is 1. The van der Waals surface area contributed by atoms with Crippen molar-refractivity contribution >= 4 is 5.91 Å². The molecule has 0 aliphatic carbocycles. The van der Waals surface area contributed by atoms with Gasteiger partial charge < -0.3 is 14.5 Å². The second-order valence-corrected chi connectivity index (χ2v) is 6.07. The van der Waals surface area contributed by atoms with Gasteiger partial charge in [0.1, 0.15) is 11.5 Å². The molecule has 0 aliphatic rings. The Bertz CT molecular complexity index is 895. The van der Waals surface area contributed by atoms with Crippen LogP contribution in [0.4, 0.5) is 0 Å². The molecule has 3 aromatic rings. The summed E-state index contributed by atoms with van der Waals surface area (Å²) < 4.78 is 13.1. The molecule has 0 spiro atoms. The molecule has 1 aromatic carbocycles. The minimum Gasteiger partial charge on any atom is -0.494 e. The lowest BCUT2D eigenvalue weighted by molar-refractivity contribution is 0.0921. The molecule has 2 aromatic heterocycles. The Morgan fingerprint density at radius 2 is 2.04 bits per heavy atom. The van der Waals surface area contributed by atoms with Crippen molar-refractivity contribution in [3.8, 4) is 5.75 Å². The predicted molar refractivity (Wildman–Crippen MR) is 98.3 cm³/mol. The van der Waals surface area contributed by atoms with E-state index in [0.29, 0.717) is 25.5 Å². The van der Waals surface area contributed by atoms with Crippen LogP contribution in [0.2, 0.25) is 0 Å². The first kappa shape index (κ1) is 17.8. The number of aromatic nitrogens is 2. The van der Waals surface area contributed by atoms with Crippen LogP contribution >= 0.6 is 0 Å². The van der Waals surface area contributed by atoms with Gasteiger partial charge in [-0.25, -0.2) is 0 Å². The highest BCUT2D eigenvalue weighted by molar-refractivity contribution is 5.91. The molecule has 0 unspecified atom stereocenters. The predicted octanol–water partition coefficient (Wildman–Crippen LogP) is 3.47. The van der Waals surface area contributed by atoms with Crippen LogP contribution in [-0.4, -0.2) is 22.3 Å². The van der Waals surface area contributed by atoms with E-state index >= 15 is 0 Å². The van der Waals surface area contributed by atoms with E-state index in [-0.39, 0.29) is 11.7 Å². The Kier molecular flexibility index (Phi) is 5.41. The lowest BCUT2D eigenvalue weighted by atomic mass is 10.2. The minimum absolute atomic E-state index is 0.254. The Morgan fingerprint density at radius 3 is 2.77 bits per heavy atom. The van der Waals surface area contributed by atoms with E-state index in [9.17, 15) is 4.79 Å². The van der Waals surface area contributed by atoms with Gasteiger partial charge in [-0.1, -0.05) is 18.2 Å². The summed E-state index contributed by atoms with van der Waals surface area (Å²) in [5, 5.41) is 7.28. The smallest absolute Gasteiger partial charge is 0.287 e. The number of amides is 1. The van der Waals surface area contributed by atoms with E-state index in [4.69, 9.17) is 9.15 Å². The number of benzene rings is 1. The van der Waals surface area contributed by atoms with E-state index in [0.717, 1.165) is 22.7 Å². The van der Waals surface area contributed by atoms with Gasteiger partial charge in [-0.15, -0.1) is 0 Å². The zero-order chi connectivity index (χ0) is 18.5. The van der Waals surface area contributed by atoms with E-state index < -0.39 is 0 Å². The number of nitrogens with zero attached hydrogens (tertiary/aromatic N) is 2. The zero-order valence-corrected chi connectivity index (χ0v) is 15.3. The number of ether oxygens (including phenoxy) is 1. The van der Waals surface area contributed by atoms with E-state index in [1.54, 1.807) is 12.1 Å². The number of carbonyl (C=O) groups is 1. The number of carbonyl (C=O) groups excluding carboxylic acids is 1. The van der Waals surface area contributed by atoms with Crippen molar-refractivity contribution in [1.82, 2.24) is 15.1 Å². The highest BCUT2D eigenvalue weighted by Crippen LogP contribution is 2.18. The fraction of sp³-hybridized carbons (Fsp3) is 0.300. The van der Waals surface area contributed by atoms with Crippen LogP contribution in [0.15, 0.2) is 46.9 Å². The van der Waals surface area contributed by atoms with Gasteiger partial charge in [-0.2, -0.15) is 5.10 Å². The largest absolute Gasteiger partial charge is 0.494 e. The molecule has 0 bridgehead atoms. The molecule has 136 valence electrons. The number of aryl methyl sites for hydroxylation is 2. The van der Waals surface area contributed by atoms with Crippen LogP contribution in [0, 0.1) is 13.8 Å². The number of para-hydroxylation sites is 1. The Morgan fingerprint density at radius 1 is 1.23 bits per heavy atom. The van der Waals surface area contributed by atoms with Crippen LogP contribution in [-0.2, 0) is 13.1 Å². The van der Waals surface area contributed by atoms with Gasteiger partial charge in [-0.05, 0) is 45.0 Å². The lowest BCUT2D eigenvalue weighted by Crippen LogP contribution is -2.22. The summed E-state index contributed by atoms with van der Waals surface area (Å²) in [7, 11) is 0. The van der Waals surface area contributed by atoms with Crippen molar-refractivity contribution in [3.63, 3.8) is 0 Å². The van der Waals surface area contributed by atoms with E-state index in [1.807, 2.05) is 55.8 Å². The maximum atomic E-state index is 12.4. The van der Waals surface area contributed by atoms with Gasteiger partial charge >= 0.3 is 0 Å². The molecule has 0 saturated heterocycles. The first-order chi connectivity index (χ1) is 12.6. The van der Waals surface area contributed by atoms with Gasteiger partial charge in [0.05, 0.1) is 18.8 Å². The molecule has 1 N–H and O–H groups in total. The molecule has 6 heteroatoms. The normalized spacial score (nSPS) is 10.7. The average Bonchev–Trinajstić information content (AvgIpc) is 3.21. The molecule has 2 heterocycles. The van der Waals surface area contributed by atoms with Crippen molar-refractivity contribution in [2.24, 2.45) is 0 Å². The number of hydrogen-bond acceptors (Lipinski definition) is 4. The maximum Gasteiger partial charge on any atom is 0.287 e. The SMILES string of the molecule is CCOc1ccccc1CNC(=O)c1ccc(Cn2nc(C)cc2C)o1. The first-order valence-electron chi connectivity index (χ1n) is 8.65. The summed E-state index contributed by atoms with van der Waals surface area (Å²) in [6.07, 6.45) is 0. The molecule has 6 nitrogen and oxygen atoms in total. The van der Waals surface area contributed by atoms with Crippen molar-refractivity contribution in [3.05, 3.63) is 70.9 Å². The van der Waals surface area contributed by atoms with Gasteiger partial charge in [0.2, 0.25) is 0 Å². The highest BCUT2D eigenvalue weighted by atomic mass is 16.5. The molecule has 0 fully saturated rings. The summed E-state index contributed by atoms with van der Waals surface area (Å²) in [5.41, 5.74) is 2.94. The van der Waals surface area contributed by atoms with Gasteiger partial charge in [0.25, 0.3) is 5.91 Å². The Balaban J connectivity index is 1.62. The fourth-order valence-electron chi connectivity index (χ4n) is 2.78. The minimum atomic E-state index is -0.254. The number of furan rings is 1. The van der Waals surface area contributed by atoms with Crippen molar-refractivity contribution in [2.75, 3.05) is 6.61 Å². The Labute approximate surface area is 152 Å². The standard InChI is InChI=1S/C20H23N3O3/c1-4-25-18-8-6-5-7-16(18)12-21-20(24)19-10-9-17(26-19)13-23-15(3)11-14(2)22-23/h5-11H,4,12-13H2,1-3H3,(H,21,24). The lowest BCUT2D eigenvalue weighted by Gasteiger charge is -2.10. The van der Waals surface area contributed by atoms with E-state index in [1.165, 1.54) is 0 Å². The number of rotatable bonds is 7. The quantitative estimate of drug-likeness (QED) is 0.706. The molecule has 0 atom stereocenters. The average molecular weight is 353 g/mol. The fourth-order valence-corrected chi connectivity index (χ4v) is 2.78. The van der Waals surface area contributed by atoms with Crippen LogP contribution < -0.4 is 10.1 Å². The van der Waals surface area contributed by atoms with Crippen molar-refractivity contribution in [2.45, 2.75) is 33.9 Å². The molecule has 3 rings (SSSR count). The summed E-state index contributed by atoms with van der Waals surface area (Å²) in [4.78, 5) is 12.4. The third-order valence-electron chi connectivity index (χ3n) is 4.01. The molecule has 26 heavy (non-hydrogen) atoms. The van der Waals surface area contributed by atoms with Crippen molar-refractivity contribution < 1.29 is 13.9 Å². The zero-order valence-electron chi connectivity index (χ0n) is 15.3. The van der Waals surface area contributed by atoms with E-state index in [2.05, 4.69) is 10.4 Å². The van der Waals surface area contributed by atoms with Crippen LogP contribution in [0.25, 0.3) is 0 Å². The topological polar surface area (TPSA) is 69.3 Å². The summed E-state index contributed by atoms with van der Waals surface area (Å²) in [6, 6.07) is 13.2. The summed E-state index contributed by atoms with van der Waals surface area (Å²) >= 11 is 0. The third-order valence-corrected chi connectivity index (χ3v) is 4.01. The Hall–Kier alpha value is -3.02. The molecule has 0 aliphatic heterocycles. The van der Waals surface area contributed by atoms with Gasteiger partial charge in [-0.3, -0.25) is 9.48 Å². The third kappa shape index (κ3) is 4.14. The molecular weight excluding hydrogens is 330 g/mol. The first-order valence-corrected chi connectivity index (χ1v) is 8.65. The summed E-state index contributed by atoms with van der Waals surface area (Å²) in [6.45, 7) is 7.33.